The summed E-state index contributed by atoms with van der Waals surface area (Å²) in [4.78, 5) is 13.3. The molecular weight excluding hydrogens is 426 g/mol. The highest BCUT2D eigenvalue weighted by atomic mass is 79.9. The number of anilines is 1. The summed E-state index contributed by atoms with van der Waals surface area (Å²) < 4.78 is 1.76. The van der Waals surface area contributed by atoms with E-state index in [-0.39, 0.29) is 5.91 Å². The van der Waals surface area contributed by atoms with Crippen molar-refractivity contribution in [3.8, 4) is 0 Å². The molecule has 0 radical (unpaired) electrons. The van der Waals surface area contributed by atoms with Crippen LogP contribution in [0.5, 0.6) is 0 Å². The lowest BCUT2D eigenvalue weighted by Crippen LogP contribution is -2.15. The van der Waals surface area contributed by atoms with Crippen molar-refractivity contribution < 1.29 is 4.79 Å². The van der Waals surface area contributed by atoms with Crippen LogP contribution in [0.3, 0.4) is 0 Å². The number of hydrogen-bond donors (Lipinski definition) is 1. The largest absolute Gasteiger partial charge is 0.323 e. The molecule has 0 saturated heterocycles. The number of aryl methyl sites for hydroxylation is 3. The molecule has 0 aliphatic heterocycles. The van der Waals surface area contributed by atoms with Crippen molar-refractivity contribution in [2.75, 3.05) is 11.1 Å². The molecule has 0 heterocycles. The van der Waals surface area contributed by atoms with Gasteiger partial charge >= 0.3 is 0 Å². The van der Waals surface area contributed by atoms with Crippen molar-refractivity contribution in [3.05, 3.63) is 56.0 Å². The van der Waals surface area contributed by atoms with Crippen LogP contribution in [0.4, 0.5) is 5.69 Å². The van der Waals surface area contributed by atoms with Crippen LogP contribution < -0.4 is 5.32 Å². The first-order valence-electron chi connectivity index (χ1n) is 6.82. The lowest BCUT2D eigenvalue weighted by molar-refractivity contribution is -0.113. The normalized spacial score (nSPS) is 10.6. The van der Waals surface area contributed by atoms with E-state index in [0.29, 0.717) is 5.75 Å². The highest BCUT2D eigenvalue weighted by Crippen LogP contribution is 2.32. The topological polar surface area (TPSA) is 29.1 Å². The molecule has 0 spiro atoms. The van der Waals surface area contributed by atoms with Crippen LogP contribution in [-0.4, -0.2) is 11.7 Å². The molecule has 2 aromatic carbocycles. The Balaban J connectivity index is 2.00. The maximum Gasteiger partial charge on any atom is 0.234 e. The maximum atomic E-state index is 12.2. The van der Waals surface area contributed by atoms with Gasteiger partial charge in [0.1, 0.15) is 0 Å². The fourth-order valence-electron chi connectivity index (χ4n) is 1.95. The molecule has 0 bridgehead atoms. The number of halogens is 2. The van der Waals surface area contributed by atoms with Gasteiger partial charge in [-0.25, -0.2) is 0 Å². The number of carbonyl (C=O) groups excluding carboxylic acids is 1. The van der Waals surface area contributed by atoms with Gasteiger partial charge in [0.15, 0.2) is 0 Å². The van der Waals surface area contributed by atoms with Gasteiger partial charge in [-0.3, -0.25) is 4.79 Å². The van der Waals surface area contributed by atoms with E-state index in [9.17, 15) is 4.79 Å². The Kier molecular flexibility index (Phi) is 6.12. The summed E-state index contributed by atoms with van der Waals surface area (Å²) in [7, 11) is 0. The molecule has 0 saturated carbocycles. The molecule has 0 atom stereocenters. The van der Waals surface area contributed by atoms with Gasteiger partial charge in [-0.15, -0.1) is 11.8 Å². The van der Waals surface area contributed by atoms with Gasteiger partial charge in [-0.1, -0.05) is 6.07 Å². The number of hydrogen-bond acceptors (Lipinski definition) is 2. The third-order valence-electron chi connectivity index (χ3n) is 3.30. The first kappa shape index (κ1) is 17.6. The van der Waals surface area contributed by atoms with E-state index in [4.69, 9.17) is 0 Å². The SMILES string of the molecule is Cc1cc(Br)c(NC(=O)CSc2ccc(C)c(C)c2)c(Br)c1. The van der Waals surface area contributed by atoms with Crippen LogP contribution in [0.1, 0.15) is 16.7 Å². The number of benzene rings is 2. The highest BCUT2D eigenvalue weighted by molar-refractivity contribution is 9.11. The average molecular weight is 443 g/mol. The van der Waals surface area contributed by atoms with Crippen LogP contribution in [0.25, 0.3) is 0 Å². The first-order valence-corrected chi connectivity index (χ1v) is 9.39. The van der Waals surface area contributed by atoms with E-state index in [1.807, 2.05) is 19.1 Å². The third-order valence-corrected chi connectivity index (χ3v) is 5.54. The van der Waals surface area contributed by atoms with Gasteiger partial charge in [0.05, 0.1) is 11.4 Å². The van der Waals surface area contributed by atoms with Crippen LogP contribution in [-0.2, 0) is 4.79 Å². The smallest absolute Gasteiger partial charge is 0.234 e. The van der Waals surface area contributed by atoms with E-state index in [0.717, 1.165) is 25.1 Å². The standard InChI is InChI=1S/C17H17Br2NOS/c1-10-6-14(18)17(15(19)7-10)20-16(21)9-22-13-5-4-11(2)12(3)8-13/h4-8H,9H2,1-3H3,(H,20,21). The summed E-state index contributed by atoms with van der Waals surface area (Å²) in [5.41, 5.74) is 4.41. The van der Waals surface area contributed by atoms with E-state index in [1.54, 1.807) is 11.8 Å². The van der Waals surface area contributed by atoms with Gasteiger partial charge in [0.25, 0.3) is 0 Å². The van der Waals surface area contributed by atoms with Crippen molar-refractivity contribution in [2.24, 2.45) is 0 Å². The zero-order valence-corrected chi connectivity index (χ0v) is 16.7. The quantitative estimate of drug-likeness (QED) is 0.600. The molecular formula is C17H17Br2NOS. The molecule has 0 aliphatic rings. The lowest BCUT2D eigenvalue weighted by Gasteiger charge is -2.11. The van der Waals surface area contributed by atoms with Crippen LogP contribution in [0.2, 0.25) is 0 Å². The van der Waals surface area contributed by atoms with Crippen LogP contribution in [0.15, 0.2) is 44.2 Å². The Morgan fingerprint density at radius 2 is 1.68 bits per heavy atom. The minimum atomic E-state index is -0.0199. The molecule has 1 amide bonds. The molecule has 2 rings (SSSR count). The second-order valence-corrected chi connectivity index (χ2v) is 7.94. The molecule has 0 unspecified atom stereocenters. The van der Waals surface area contributed by atoms with Gasteiger partial charge < -0.3 is 5.32 Å². The Bertz CT molecular complexity index is 693. The average Bonchev–Trinajstić information content (AvgIpc) is 2.44. The minimum absolute atomic E-state index is 0.0199. The summed E-state index contributed by atoms with van der Waals surface area (Å²) in [5, 5.41) is 2.95. The van der Waals surface area contributed by atoms with E-state index in [1.165, 1.54) is 11.1 Å². The number of amides is 1. The maximum absolute atomic E-state index is 12.2. The van der Waals surface area contributed by atoms with Crippen molar-refractivity contribution >= 4 is 55.2 Å². The van der Waals surface area contributed by atoms with E-state index in [2.05, 4.69) is 69.2 Å². The van der Waals surface area contributed by atoms with Gasteiger partial charge in [0, 0.05) is 13.8 Å². The Morgan fingerprint density at radius 3 is 2.27 bits per heavy atom. The third kappa shape index (κ3) is 4.61. The summed E-state index contributed by atoms with van der Waals surface area (Å²) in [5.74, 6) is 0.364. The Hall–Kier alpha value is -0.780. The fourth-order valence-corrected chi connectivity index (χ4v) is 4.36. The van der Waals surface area contributed by atoms with Crippen molar-refractivity contribution in [2.45, 2.75) is 25.7 Å². The molecule has 2 aromatic rings. The number of rotatable bonds is 4. The van der Waals surface area contributed by atoms with Crippen molar-refractivity contribution in [3.63, 3.8) is 0 Å². The van der Waals surface area contributed by atoms with Gasteiger partial charge in [0.2, 0.25) is 5.91 Å². The molecule has 2 nitrogen and oxygen atoms in total. The zero-order valence-electron chi connectivity index (χ0n) is 12.7. The van der Waals surface area contributed by atoms with Crippen LogP contribution >= 0.6 is 43.6 Å². The minimum Gasteiger partial charge on any atom is -0.323 e. The number of nitrogens with one attached hydrogen (secondary N) is 1. The lowest BCUT2D eigenvalue weighted by atomic mass is 10.1. The molecule has 1 N–H and O–H groups in total. The molecule has 116 valence electrons. The Morgan fingerprint density at radius 1 is 1.05 bits per heavy atom. The van der Waals surface area contributed by atoms with E-state index >= 15 is 0 Å². The fraction of sp³-hybridized carbons (Fsp3) is 0.235. The van der Waals surface area contributed by atoms with Crippen molar-refractivity contribution in [1.29, 1.82) is 0 Å². The zero-order chi connectivity index (χ0) is 16.3. The Labute approximate surface area is 152 Å². The summed E-state index contributed by atoms with van der Waals surface area (Å²) in [6.45, 7) is 6.18. The van der Waals surface area contributed by atoms with Gasteiger partial charge in [-0.2, -0.15) is 0 Å². The summed E-state index contributed by atoms with van der Waals surface area (Å²) >= 11 is 8.52. The predicted molar refractivity (Wildman–Crippen MR) is 102 cm³/mol. The second-order valence-electron chi connectivity index (χ2n) is 5.19. The molecule has 0 aliphatic carbocycles. The summed E-state index contributed by atoms with van der Waals surface area (Å²) in [6.07, 6.45) is 0. The second kappa shape index (κ2) is 7.66. The van der Waals surface area contributed by atoms with Crippen LogP contribution in [0, 0.1) is 20.8 Å². The molecule has 5 heteroatoms. The summed E-state index contributed by atoms with van der Waals surface area (Å²) in [6, 6.07) is 10.2. The molecule has 0 aromatic heterocycles. The highest BCUT2D eigenvalue weighted by Gasteiger charge is 2.10. The first-order chi connectivity index (χ1) is 10.4. The molecule has 0 fully saturated rings. The van der Waals surface area contributed by atoms with Gasteiger partial charge in [-0.05, 0) is 93.6 Å². The number of carbonyl (C=O) groups is 1. The number of thioether (sulfide) groups is 1. The molecule has 22 heavy (non-hydrogen) atoms. The monoisotopic (exact) mass is 441 g/mol. The van der Waals surface area contributed by atoms with E-state index < -0.39 is 0 Å². The van der Waals surface area contributed by atoms with Crippen molar-refractivity contribution in [1.82, 2.24) is 0 Å². The predicted octanol–water partition coefficient (Wildman–Crippen LogP) is 5.87.